The molecule has 0 radical (unpaired) electrons. The van der Waals surface area contributed by atoms with Crippen LogP contribution in [0.2, 0.25) is 0 Å². The lowest BCUT2D eigenvalue weighted by Crippen LogP contribution is -2.48. The predicted molar refractivity (Wildman–Crippen MR) is 192 cm³/mol. The lowest BCUT2D eigenvalue weighted by molar-refractivity contribution is 0.0746. The van der Waals surface area contributed by atoms with Crippen molar-refractivity contribution in [2.45, 2.75) is 20.0 Å². The highest BCUT2D eigenvalue weighted by Crippen LogP contribution is 2.26. The Balaban J connectivity index is 1.05. The van der Waals surface area contributed by atoms with Crippen molar-refractivity contribution in [3.05, 3.63) is 162 Å². The maximum atomic E-state index is 13.9. The van der Waals surface area contributed by atoms with Crippen molar-refractivity contribution in [1.82, 2.24) is 24.2 Å². The van der Waals surface area contributed by atoms with Crippen LogP contribution >= 0.6 is 0 Å². The number of rotatable bonds is 9. The molecule has 0 atom stereocenters. The summed E-state index contributed by atoms with van der Waals surface area (Å²) in [5, 5.41) is 13.6. The Labute approximate surface area is 291 Å². The standard InChI is InChI=1S/C40H36N8O2/c1-30-38(26-43-48(30)36-10-6-3-7-11-36)40(50)45-22-20-44(21-23-45)34-16-18-35(19-17-34)47(39(49)33-8-4-2-5-9-33)28-37-25-42-29-46(37)27-32-14-12-31(24-41)13-15-32/h2-19,25-26,29H,20-23,27-28H2,1H3. The van der Waals surface area contributed by atoms with Gasteiger partial charge in [0.05, 0.1) is 53.3 Å². The molecule has 1 aliphatic rings. The van der Waals surface area contributed by atoms with E-state index in [-0.39, 0.29) is 11.8 Å². The van der Waals surface area contributed by atoms with Crippen LogP contribution in [0.4, 0.5) is 11.4 Å². The summed E-state index contributed by atoms with van der Waals surface area (Å²) in [5.41, 5.74) is 7.30. The molecule has 0 spiro atoms. The molecule has 10 heteroatoms. The van der Waals surface area contributed by atoms with E-state index < -0.39 is 0 Å². The third-order valence-corrected chi connectivity index (χ3v) is 9.15. The van der Waals surface area contributed by atoms with Gasteiger partial charge >= 0.3 is 0 Å². The van der Waals surface area contributed by atoms with Crippen molar-refractivity contribution in [3.63, 3.8) is 0 Å². The molecule has 0 bridgehead atoms. The van der Waals surface area contributed by atoms with E-state index in [1.807, 2.05) is 113 Å². The number of imidazole rings is 1. The number of amides is 2. The summed E-state index contributed by atoms with van der Waals surface area (Å²) in [6, 6.07) is 36.8. The maximum absolute atomic E-state index is 13.9. The highest BCUT2D eigenvalue weighted by atomic mass is 16.2. The molecule has 1 fully saturated rings. The van der Waals surface area contributed by atoms with Gasteiger partial charge in [-0.25, -0.2) is 9.67 Å². The van der Waals surface area contributed by atoms with Crippen LogP contribution in [0, 0.1) is 18.3 Å². The van der Waals surface area contributed by atoms with Gasteiger partial charge in [-0.2, -0.15) is 10.4 Å². The SMILES string of the molecule is Cc1c(C(=O)N2CCN(c3ccc(N(Cc4cncn4Cc4ccc(C#N)cc4)C(=O)c4ccccc4)cc3)CC2)cnn1-c1ccccc1. The van der Waals surface area contributed by atoms with Gasteiger partial charge in [0, 0.05) is 55.9 Å². The van der Waals surface area contributed by atoms with E-state index in [2.05, 4.69) is 21.1 Å². The fourth-order valence-corrected chi connectivity index (χ4v) is 6.31. The third kappa shape index (κ3) is 6.75. The summed E-state index contributed by atoms with van der Waals surface area (Å²) in [5.74, 6) is -0.115. The Morgan fingerprint density at radius 1 is 0.800 bits per heavy atom. The number of carbonyl (C=O) groups is 2. The molecule has 2 amide bonds. The van der Waals surface area contributed by atoms with E-state index >= 15 is 0 Å². The van der Waals surface area contributed by atoms with Crippen molar-refractivity contribution < 1.29 is 9.59 Å². The van der Waals surface area contributed by atoms with Crippen LogP contribution < -0.4 is 9.80 Å². The molecule has 50 heavy (non-hydrogen) atoms. The second-order valence-electron chi connectivity index (χ2n) is 12.3. The number of aromatic nitrogens is 4. The number of para-hydroxylation sites is 1. The molecule has 3 heterocycles. The molecule has 248 valence electrons. The molecule has 0 unspecified atom stereocenters. The topological polar surface area (TPSA) is 103 Å². The van der Waals surface area contributed by atoms with E-state index in [1.54, 1.807) is 40.4 Å². The van der Waals surface area contributed by atoms with Crippen molar-refractivity contribution >= 4 is 23.2 Å². The van der Waals surface area contributed by atoms with Crippen LogP contribution in [-0.2, 0) is 13.1 Å². The predicted octanol–water partition coefficient (Wildman–Crippen LogP) is 6.11. The largest absolute Gasteiger partial charge is 0.368 e. The number of benzene rings is 4. The number of nitriles is 1. The highest BCUT2D eigenvalue weighted by molar-refractivity contribution is 6.06. The van der Waals surface area contributed by atoms with Gasteiger partial charge in [-0.1, -0.05) is 48.5 Å². The summed E-state index contributed by atoms with van der Waals surface area (Å²) >= 11 is 0. The molecule has 0 aliphatic carbocycles. The molecule has 6 aromatic rings. The molecule has 0 saturated carbocycles. The number of anilines is 2. The Bertz CT molecular complexity index is 2120. The molecule has 7 rings (SSSR count). The second-order valence-corrected chi connectivity index (χ2v) is 12.3. The fourth-order valence-electron chi connectivity index (χ4n) is 6.31. The molecule has 1 saturated heterocycles. The summed E-state index contributed by atoms with van der Waals surface area (Å²) in [7, 11) is 0. The van der Waals surface area contributed by atoms with Crippen LogP contribution in [0.25, 0.3) is 5.69 Å². The average molecular weight is 661 g/mol. The van der Waals surface area contributed by atoms with Gasteiger partial charge in [0.25, 0.3) is 11.8 Å². The van der Waals surface area contributed by atoms with Gasteiger partial charge in [-0.15, -0.1) is 0 Å². The van der Waals surface area contributed by atoms with Crippen molar-refractivity contribution in [1.29, 1.82) is 5.26 Å². The van der Waals surface area contributed by atoms with Gasteiger partial charge in [0.1, 0.15) is 0 Å². The quantitative estimate of drug-likeness (QED) is 0.186. The van der Waals surface area contributed by atoms with E-state index in [0.717, 1.165) is 34.0 Å². The van der Waals surface area contributed by atoms with Crippen LogP contribution in [0.3, 0.4) is 0 Å². The zero-order valence-electron chi connectivity index (χ0n) is 27.8. The average Bonchev–Trinajstić information content (AvgIpc) is 3.79. The zero-order valence-corrected chi connectivity index (χ0v) is 27.8. The van der Waals surface area contributed by atoms with Crippen molar-refractivity contribution in [2.24, 2.45) is 0 Å². The molecular weight excluding hydrogens is 624 g/mol. The highest BCUT2D eigenvalue weighted by Gasteiger charge is 2.26. The van der Waals surface area contributed by atoms with Gasteiger partial charge < -0.3 is 19.3 Å². The summed E-state index contributed by atoms with van der Waals surface area (Å²) in [4.78, 5) is 37.8. The first-order valence-corrected chi connectivity index (χ1v) is 16.6. The van der Waals surface area contributed by atoms with Gasteiger partial charge in [0.15, 0.2) is 0 Å². The Kier molecular flexibility index (Phi) is 9.20. The third-order valence-electron chi connectivity index (χ3n) is 9.15. The Morgan fingerprint density at radius 3 is 2.16 bits per heavy atom. The van der Waals surface area contributed by atoms with Gasteiger partial charge in [-0.05, 0) is 73.2 Å². The molecule has 2 aromatic heterocycles. The van der Waals surface area contributed by atoms with E-state index in [9.17, 15) is 9.59 Å². The Hall–Kier alpha value is -6.47. The lowest BCUT2D eigenvalue weighted by atomic mass is 10.1. The monoisotopic (exact) mass is 660 g/mol. The first kappa shape index (κ1) is 32.1. The van der Waals surface area contributed by atoms with E-state index in [1.165, 1.54) is 0 Å². The van der Waals surface area contributed by atoms with Gasteiger partial charge in [-0.3, -0.25) is 9.59 Å². The minimum atomic E-state index is -0.109. The first-order chi connectivity index (χ1) is 24.5. The Morgan fingerprint density at radius 2 is 1.48 bits per heavy atom. The number of hydrogen-bond donors (Lipinski definition) is 0. The lowest BCUT2D eigenvalue weighted by Gasteiger charge is -2.36. The number of hydrogen-bond acceptors (Lipinski definition) is 6. The second kappa shape index (κ2) is 14.3. The van der Waals surface area contributed by atoms with Gasteiger partial charge in [0.2, 0.25) is 0 Å². The van der Waals surface area contributed by atoms with Crippen molar-refractivity contribution in [3.8, 4) is 11.8 Å². The first-order valence-electron chi connectivity index (χ1n) is 16.6. The molecular formula is C40H36N8O2. The molecule has 4 aromatic carbocycles. The van der Waals surface area contributed by atoms with E-state index in [4.69, 9.17) is 5.26 Å². The number of nitrogens with zero attached hydrogens (tertiary/aromatic N) is 8. The maximum Gasteiger partial charge on any atom is 0.258 e. The minimum absolute atomic E-state index is 0.00633. The summed E-state index contributed by atoms with van der Waals surface area (Å²) in [6.07, 6.45) is 5.22. The normalized spacial score (nSPS) is 12.8. The van der Waals surface area contributed by atoms with E-state index in [0.29, 0.717) is 56.0 Å². The van der Waals surface area contributed by atoms with Crippen LogP contribution in [0.5, 0.6) is 0 Å². The molecule has 1 aliphatic heterocycles. The number of carbonyl (C=O) groups excluding carboxylic acids is 2. The smallest absolute Gasteiger partial charge is 0.258 e. The van der Waals surface area contributed by atoms with Crippen molar-refractivity contribution in [2.75, 3.05) is 36.0 Å². The summed E-state index contributed by atoms with van der Waals surface area (Å²) in [6.45, 7) is 5.40. The zero-order chi connectivity index (χ0) is 34.5. The molecule has 0 N–H and O–H groups in total. The van der Waals surface area contributed by atoms with Crippen LogP contribution in [0.15, 0.2) is 128 Å². The number of piperazine rings is 1. The minimum Gasteiger partial charge on any atom is -0.368 e. The fraction of sp³-hybridized carbons (Fsp3) is 0.175. The van der Waals surface area contributed by atoms with Crippen LogP contribution in [0.1, 0.15) is 43.2 Å². The van der Waals surface area contributed by atoms with Crippen LogP contribution in [-0.4, -0.2) is 62.2 Å². The summed E-state index contributed by atoms with van der Waals surface area (Å²) < 4.78 is 3.83. The molecule has 10 nitrogen and oxygen atoms in total.